The fourth-order valence-corrected chi connectivity index (χ4v) is 1.67. The average Bonchev–Trinajstić information content (AvgIpc) is 2.39. The average molecular weight is 261 g/mol. The van der Waals surface area contributed by atoms with Crippen molar-refractivity contribution in [1.82, 2.24) is 0 Å². The minimum Gasteiger partial charge on any atom is -0.378 e. The fraction of sp³-hybridized carbons (Fsp3) is 0.429. The summed E-state index contributed by atoms with van der Waals surface area (Å²) in [6.07, 6.45) is 3.04. The summed E-state index contributed by atoms with van der Waals surface area (Å²) in [5.41, 5.74) is 13.8. The van der Waals surface area contributed by atoms with Crippen LogP contribution in [0.15, 0.2) is 34.5 Å². The van der Waals surface area contributed by atoms with E-state index in [0.29, 0.717) is 0 Å². The van der Waals surface area contributed by atoms with Gasteiger partial charge in [-0.1, -0.05) is 25.5 Å². The molecule has 0 saturated carbocycles. The summed E-state index contributed by atoms with van der Waals surface area (Å²) in [5, 5.41) is 7.91. The number of rotatable bonds is 6. The lowest BCUT2D eigenvalue weighted by Gasteiger charge is -2.13. The van der Waals surface area contributed by atoms with Crippen LogP contribution in [0.25, 0.3) is 0 Å². The van der Waals surface area contributed by atoms with Gasteiger partial charge in [-0.25, -0.2) is 0 Å². The lowest BCUT2D eigenvalue weighted by atomic mass is 10.0. The maximum atomic E-state index is 5.33. The van der Waals surface area contributed by atoms with Crippen LogP contribution in [0.3, 0.4) is 0 Å². The summed E-state index contributed by atoms with van der Waals surface area (Å²) >= 11 is 0. The quantitative estimate of drug-likeness (QED) is 0.466. The number of hydrogen-bond acceptors (Lipinski definition) is 3. The molecule has 0 unspecified atom stereocenters. The maximum absolute atomic E-state index is 5.33. The Morgan fingerprint density at radius 1 is 1.11 bits per heavy atom. The number of guanidine groups is 1. The van der Waals surface area contributed by atoms with Crippen molar-refractivity contribution >= 4 is 17.4 Å². The van der Waals surface area contributed by atoms with E-state index >= 15 is 0 Å². The molecule has 0 spiro atoms. The molecule has 19 heavy (non-hydrogen) atoms. The van der Waals surface area contributed by atoms with Gasteiger partial charge in [-0.3, -0.25) is 0 Å². The highest BCUT2D eigenvalue weighted by Crippen LogP contribution is 2.15. The van der Waals surface area contributed by atoms with Gasteiger partial charge in [-0.15, -0.1) is 5.10 Å². The highest BCUT2D eigenvalue weighted by atomic mass is 15.3. The monoisotopic (exact) mass is 261 g/mol. The van der Waals surface area contributed by atoms with Crippen LogP contribution in [0.5, 0.6) is 0 Å². The Labute approximate surface area is 115 Å². The van der Waals surface area contributed by atoms with E-state index in [4.69, 9.17) is 11.5 Å². The number of anilines is 1. The van der Waals surface area contributed by atoms with Gasteiger partial charge in [0.15, 0.2) is 0 Å². The van der Waals surface area contributed by atoms with Crippen LogP contribution in [0.4, 0.5) is 5.69 Å². The molecule has 5 nitrogen and oxygen atoms in total. The van der Waals surface area contributed by atoms with Crippen molar-refractivity contribution in [3.05, 3.63) is 29.8 Å². The minimum absolute atomic E-state index is 0.0149. The normalized spacial score (nSPS) is 11.2. The molecule has 4 N–H and O–H groups in total. The molecule has 1 aromatic rings. The third-order valence-corrected chi connectivity index (χ3v) is 2.77. The first kappa shape index (κ1) is 15.0. The first-order chi connectivity index (χ1) is 9.04. The van der Waals surface area contributed by atoms with Gasteiger partial charge in [0.05, 0.1) is 5.71 Å². The number of benzene rings is 1. The molecule has 0 atom stereocenters. The summed E-state index contributed by atoms with van der Waals surface area (Å²) in [6, 6.07) is 8.22. The Morgan fingerprint density at radius 3 is 2.21 bits per heavy atom. The molecule has 0 saturated heterocycles. The van der Waals surface area contributed by atoms with E-state index in [9.17, 15) is 0 Å². The minimum atomic E-state index is -0.0149. The van der Waals surface area contributed by atoms with Crippen molar-refractivity contribution in [2.75, 3.05) is 19.0 Å². The molecule has 0 fully saturated rings. The third-order valence-electron chi connectivity index (χ3n) is 2.77. The van der Waals surface area contributed by atoms with Gasteiger partial charge in [0, 0.05) is 19.8 Å². The summed E-state index contributed by atoms with van der Waals surface area (Å²) in [5.74, 6) is -0.0149. The van der Waals surface area contributed by atoms with Gasteiger partial charge < -0.3 is 16.4 Å². The van der Waals surface area contributed by atoms with E-state index in [1.165, 1.54) is 0 Å². The van der Waals surface area contributed by atoms with Crippen LogP contribution in [0.1, 0.15) is 31.7 Å². The van der Waals surface area contributed by atoms with Gasteiger partial charge in [0.25, 0.3) is 0 Å². The first-order valence-corrected chi connectivity index (χ1v) is 6.47. The van der Waals surface area contributed by atoms with Crippen molar-refractivity contribution in [3.8, 4) is 0 Å². The molecular weight excluding hydrogens is 238 g/mol. The number of nitrogens with two attached hydrogens (primary N) is 2. The Kier molecular flexibility index (Phi) is 5.85. The van der Waals surface area contributed by atoms with E-state index in [1.807, 2.05) is 26.2 Å². The van der Waals surface area contributed by atoms with Crippen molar-refractivity contribution < 1.29 is 0 Å². The van der Waals surface area contributed by atoms with Crippen LogP contribution < -0.4 is 16.4 Å². The number of hydrogen-bond donors (Lipinski definition) is 2. The van der Waals surface area contributed by atoms with Crippen LogP contribution in [0, 0.1) is 0 Å². The molecule has 0 amide bonds. The molecule has 5 heteroatoms. The van der Waals surface area contributed by atoms with Gasteiger partial charge in [-0.05, 0) is 30.5 Å². The Hall–Kier alpha value is -2.04. The molecule has 0 aromatic heterocycles. The van der Waals surface area contributed by atoms with Gasteiger partial charge >= 0.3 is 0 Å². The van der Waals surface area contributed by atoms with E-state index < -0.39 is 0 Å². The predicted octanol–water partition coefficient (Wildman–Crippen LogP) is 1.92. The second-order valence-corrected chi connectivity index (χ2v) is 4.62. The summed E-state index contributed by atoms with van der Waals surface area (Å²) in [6.45, 7) is 2.15. The van der Waals surface area contributed by atoms with Gasteiger partial charge in [-0.2, -0.15) is 5.10 Å². The Balaban J connectivity index is 2.96. The Bertz CT molecular complexity index is 441. The van der Waals surface area contributed by atoms with Crippen molar-refractivity contribution in [2.45, 2.75) is 26.2 Å². The molecule has 0 heterocycles. The highest BCUT2D eigenvalue weighted by Gasteiger charge is 2.04. The molecule has 1 rings (SSSR count). The standard InChI is InChI=1S/C14H23N5/c1-4-5-6-13(17-18-14(15)16)11-7-9-12(10-8-11)19(2)3/h7-10H,4-6H2,1-3H3,(H4,15,16,18)/b17-13+. The zero-order valence-corrected chi connectivity index (χ0v) is 11.9. The lowest BCUT2D eigenvalue weighted by Crippen LogP contribution is -2.22. The molecule has 104 valence electrons. The zero-order chi connectivity index (χ0) is 14.3. The van der Waals surface area contributed by atoms with Crippen LogP contribution in [-0.2, 0) is 0 Å². The van der Waals surface area contributed by atoms with Crippen LogP contribution >= 0.6 is 0 Å². The van der Waals surface area contributed by atoms with Crippen LogP contribution in [-0.4, -0.2) is 25.8 Å². The van der Waals surface area contributed by atoms with E-state index in [1.54, 1.807) is 0 Å². The fourth-order valence-electron chi connectivity index (χ4n) is 1.67. The molecule has 1 aromatic carbocycles. The maximum Gasteiger partial charge on any atom is 0.211 e. The largest absolute Gasteiger partial charge is 0.378 e. The first-order valence-electron chi connectivity index (χ1n) is 6.47. The lowest BCUT2D eigenvalue weighted by molar-refractivity contribution is 0.832. The molecule has 0 bridgehead atoms. The number of unbranched alkanes of at least 4 members (excludes halogenated alkanes) is 1. The van der Waals surface area contributed by atoms with Gasteiger partial charge in [0.1, 0.15) is 0 Å². The Morgan fingerprint density at radius 2 is 1.74 bits per heavy atom. The van der Waals surface area contributed by atoms with Crippen molar-refractivity contribution in [1.29, 1.82) is 0 Å². The topological polar surface area (TPSA) is 80.0 Å². The molecule has 0 radical (unpaired) electrons. The summed E-state index contributed by atoms with van der Waals surface area (Å²) in [4.78, 5) is 2.06. The summed E-state index contributed by atoms with van der Waals surface area (Å²) < 4.78 is 0. The smallest absolute Gasteiger partial charge is 0.211 e. The third kappa shape index (κ3) is 4.99. The van der Waals surface area contributed by atoms with Crippen molar-refractivity contribution in [3.63, 3.8) is 0 Å². The van der Waals surface area contributed by atoms with E-state index in [-0.39, 0.29) is 5.96 Å². The highest BCUT2D eigenvalue weighted by molar-refractivity contribution is 6.01. The molecule has 0 aliphatic carbocycles. The van der Waals surface area contributed by atoms with Crippen molar-refractivity contribution in [2.24, 2.45) is 21.7 Å². The molecule has 0 aliphatic rings. The second-order valence-electron chi connectivity index (χ2n) is 4.62. The second kappa shape index (κ2) is 7.41. The van der Waals surface area contributed by atoms with Crippen LogP contribution in [0.2, 0.25) is 0 Å². The molecule has 0 aliphatic heterocycles. The SMILES string of the molecule is CCCC/C(=N\N=C(N)N)c1ccc(N(C)C)cc1. The predicted molar refractivity (Wildman–Crippen MR) is 82.6 cm³/mol. The zero-order valence-electron chi connectivity index (χ0n) is 11.9. The van der Waals surface area contributed by atoms with Gasteiger partial charge in [0.2, 0.25) is 5.96 Å². The molecular formula is C14H23N5. The van der Waals surface area contributed by atoms with E-state index in [2.05, 4.69) is 34.2 Å². The van der Waals surface area contributed by atoms with E-state index in [0.717, 1.165) is 36.2 Å². The number of nitrogens with zero attached hydrogens (tertiary/aromatic N) is 3. The summed E-state index contributed by atoms with van der Waals surface area (Å²) in [7, 11) is 4.03.